The minimum Gasteiger partial charge on any atom is -0.480 e. The molecule has 0 bridgehead atoms. The maximum absolute atomic E-state index is 10.4. The van der Waals surface area contributed by atoms with E-state index >= 15 is 0 Å². The van der Waals surface area contributed by atoms with Crippen molar-refractivity contribution in [1.82, 2.24) is 5.32 Å². The largest absolute Gasteiger partial charge is 0.480 e. The molecule has 0 saturated carbocycles. The van der Waals surface area contributed by atoms with Crippen molar-refractivity contribution in [1.29, 1.82) is 0 Å². The Hall–Kier alpha value is -0.570. The van der Waals surface area contributed by atoms with E-state index in [9.17, 15) is 4.79 Å². The summed E-state index contributed by atoms with van der Waals surface area (Å²) in [5.74, 6) is -0.731. The topological polar surface area (TPSA) is 49.3 Å². The Kier molecular flexibility index (Phi) is 1.68. The summed E-state index contributed by atoms with van der Waals surface area (Å²) in [5.41, 5.74) is 0.0169. The first kappa shape index (κ1) is 7.54. The van der Waals surface area contributed by atoms with Gasteiger partial charge in [0.2, 0.25) is 0 Å². The van der Waals surface area contributed by atoms with Gasteiger partial charge in [-0.05, 0) is 26.7 Å². The van der Waals surface area contributed by atoms with Gasteiger partial charge >= 0.3 is 5.97 Å². The van der Waals surface area contributed by atoms with E-state index in [2.05, 4.69) is 5.32 Å². The summed E-state index contributed by atoms with van der Waals surface area (Å²) in [4.78, 5) is 10.4. The monoisotopic (exact) mass is 143 g/mol. The van der Waals surface area contributed by atoms with E-state index in [1.807, 2.05) is 13.8 Å². The molecule has 0 radical (unpaired) electrons. The number of rotatable bonds is 1. The van der Waals surface area contributed by atoms with Crippen molar-refractivity contribution >= 4 is 5.97 Å². The fourth-order valence-electron chi connectivity index (χ4n) is 1.31. The van der Waals surface area contributed by atoms with Gasteiger partial charge in [-0.1, -0.05) is 0 Å². The quantitative estimate of drug-likeness (QED) is 0.565. The van der Waals surface area contributed by atoms with E-state index in [1.54, 1.807) is 0 Å². The second-order valence-corrected chi connectivity index (χ2v) is 3.46. The average Bonchev–Trinajstić information content (AvgIpc) is 2.10. The van der Waals surface area contributed by atoms with E-state index in [-0.39, 0.29) is 11.6 Å². The number of carboxylic acid groups (broad SMARTS) is 1. The Morgan fingerprint density at radius 2 is 2.30 bits per heavy atom. The number of aliphatic carboxylic acids is 1. The van der Waals surface area contributed by atoms with Crippen LogP contribution in [0.1, 0.15) is 26.7 Å². The van der Waals surface area contributed by atoms with Crippen LogP contribution in [0.2, 0.25) is 0 Å². The Balaban J connectivity index is 2.51. The molecule has 58 valence electrons. The van der Waals surface area contributed by atoms with Crippen LogP contribution >= 0.6 is 0 Å². The van der Waals surface area contributed by atoms with Gasteiger partial charge in [-0.15, -0.1) is 0 Å². The van der Waals surface area contributed by atoms with E-state index in [0.29, 0.717) is 0 Å². The zero-order valence-corrected chi connectivity index (χ0v) is 6.35. The molecule has 1 aliphatic heterocycles. The lowest BCUT2D eigenvalue weighted by Gasteiger charge is -2.17. The highest BCUT2D eigenvalue weighted by atomic mass is 16.4. The molecule has 1 heterocycles. The molecule has 1 saturated heterocycles. The lowest BCUT2D eigenvalue weighted by molar-refractivity contribution is -0.139. The number of hydrogen-bond donors (Lipinski definition) is 2. The third kappa shape index (κ3) is 1.48. The Morgan fingerprint density at radius 1 is 1.70 bits per heavy atom. The van der Waals surface area contributed by atoms with Crippen molar-refractivity contribution < 1.29 is 9.90 Å². The van der Waals surface area contributed by atoms with E-state index in [4.69, 9.17) is 5.11 Å². The standard InChI is InChI=1S/C7H13NO2/c1-7(2)4-3-5(8-7)6(9)10/h5,8H,3-4H2,1-2H3,(H,9,10)/t5-/m0/s1. The molecule has 0 amide bonds. The van der Waals surface area contributed by atoms with Gasteiger partial charge in [-0.2, -0.15) is 0 Å². The average molecular weight is 143 g/mol. The highest BCUT2D eigenvalue weighted by Gasteiger charge is 2.33. The maximum Gasteiger partial charge on any atom is 0.320 e. The van der Waals surface area contributed by atoms with E-state index in [0.717, 1.165) is 12.8 Å². The van der Waals surface area contributed by atoms with Crippen molar-refractivity contribution in [3.63, 3.8) is 0 Å². The first-order chi connectivity index (χ1) is 4.51. The minimum atomic E-state index is -0.731. The lowest BCUT2D eigenvalue weighted by atomic mass is 10.0. The van der Waals surface area contributed by atoms with Gasteiger partial charge in [0.15, 0.2) is 0 Å². The Labute approximate surface area is 60.4 Å². The number of nitrogens with one attached hydrogen (secondary N) is 1. The van der Waals surface area contributed by atoms with Crippen LogP contribution in [0.4, 0.5) is 0 Å². The fourth-order valence-corrected chi connectivity index (χ4v) is 1.31. The molecule has 1 atom stereocenters. The minimum absolute atomic E-state index is 0.0169. The summed E-state index contributed by atoms with van der Waals surface area (Å²) in [6, 6.07) is -0.324. The summed E-state index contributed by atoms with van der Waals surface area (Å²) in [6.07, 6.45) is 1.70. The second-order valence-electron chi connectivity index (χ2n) is 3.46. The number of hydrogen-bond acceptors (Lipinski definition) is 2. The summed E-state index contributed by atoms with van der Waals surface area (Å²) in [6.45, 7) is 4.05. The molecule has 0 aromatic heterocycles. The van der Waals surface area contributed by atoms with Gasteiger partial charge in [0.1, 0.15) is 6.04 Å². The fraction of sp³-hybridized carbons (Fsp3) is 0.857. The van der Waals surface area contributed by atoms with E-state index in [1.165, 1.54) is 0 Å². The third-order valence-electron chi connectivity index (χ3n) is 1.92. The molecule has 0 aromatic carbocycles. The van der Waals surface area contributed by atoms with Crippen LogP contribution in [0.15, 0.2) is 0 Å². The molecule has 1 fully saturated rings. The van der Waals surface area contributed by atoms with E-state index < -0.39 is 5.97 Å². The summed E-state index contributed by atoms with van der Waals surface area (Å²) in [7, 11) is 0. The smallest absolute Gasteiger partial charge is 0.320 e. The normalized spacial score (nSPS) is 30.4. The van der Waals surface area contributed by atoms with Crippen molar-refractivity contribution in [2.24, 2.45) is 0 Å². The Bertz CT molecular complexity index is 154. The molecule has 0 spiro atoms. The first-order valence-corrected chi connectivity index (χ1v) is 3.52. The Morgan fingerprint density at radius 3 is 2.50 bits per heavy atom. The zero-order valence-electron chi connectivity index (χ0n) is 6.35. The van der Waals surface area contributed by atoms with Gasteiger partial charge in [0.05, 0.1) is 0 Å². The van der Waals surface area contributed by atoms with Crippen molar-refractivity contribution in [2.45, 2.75) is 38.3 Å². The molecular weight excluding hydrogens is 130 g/mol. The van der Waals surface area contributed by atoms with Gasteiger partial charge in [-0.25, -0.2) is 0 Å². The molecule has 10 heavy (non-hydrogen) atoms. The second kappa shape index (κ2) is 2.23. The number of carbonyl (C=O) groups is 1. The maximum atomic E-state index is 10.4. The highest BCUT2D eigenvalue weighted by molar-refractivity contribution is 5.74. The molecule has 2 N–H and O–H groups in total. The third-order valence-corrected chi connectivity index (χ3v) is 1.92. The SMILES string of the molecule is CC1(C)CC[C@@H](C(=O)O)N1. The first-order valence-electron chi connectivity index (χ1n) is 3.52. The van der Waals surface area contributed by atoms with Crippen LogP contribution < -0.4 is 5.32 Å². The lowest BCUT2D eigenvalue weighted by Crippen LogP contribution is -2.41. The molecule has 3 nitrogen and oxygen atoms in total. The highest BCUT2D eigenvalue weighted by Crippen LogP contribution is 2.21. The van der Waals surface area contributed by atoms with Crippen LogP contribution in [-0.2, 0) is 4.79 Å². The van der Waals surface area contributed by atoms with Gasteiger partial charge in [-0.3, -0.25) is 10.1 Å². The zero-order chi connectivity index (χ0) is 7.78. The molecule has 1 aliphatic rings. The van der Waals surface area contributed by atoms with Crippen LogP contribution in [0.25, 0.3) is 0 Å². The predicted octanol–water partition coefficient (Wildman–Crippen LogP) is 0.602. The summed E-state index contributed by atoms with van der Waals surface area (Å²) in [5, 5.41) is 11.6. The van der Waals surface area contributed by atoms with Crippen LogP contribution in [0.3, 0.4) is 0 Å². The summed E-state index contributed by atoms with van der Waals surface area (Å²) < 4.78 is 0. The van der Waals surface area contributed by atoms with Crippen molar-refractivity contribution in [2.75, 3.05) is 0 Å². The molecule has 1 rings (SSSR count). The van der Waals surface area contributed by atoms with Crippen molar-refractivity contribution in [3.8, 4) is 0 Å². The van der Waals surface area contributed by atoms with Crippen LogP contribution in [0.5, 0.6) is 0 Å². The molecular formula is C7H13NO2. The van der Waals surface area contributed by atoms with Crippen molar-refractivity contribution in [3.05, 3.63) is 0 Å². The number of carboxylic acids is 1. The van der Waals surface area contributed by atoms with Gasteiger partial charge < -0.3 is 5.11 Å². The summed E-state index contributed by atoms with van der Waals surface area (Å²) >= 11 is 0. The van der Waals surface area contributed by atoms with Gasteiger partial charge in [0.25, 0.3) is 0 Å². The van der Waals surface area contributed by atoms with Crippen LogP contribution in [-0.4, -0.2) is 22.7 Å². The van der Waals surface area contributed by atoms with Crippen LogP contribution in [0, 0.1) is 0 Å². The molecule has 3 heteroatoms. The predicted molar refractivity (Wildman–Crippen MR) is 37.9 cm³/mol. The molecule has 0 unspecified atom stereocenters. The van der Waals surface area contributed by atoms with Gasteiger partial charge in [0, 0.05) is 5.54 Å². The molecule has 0 aromatic rings. The molecule has 0 aliphatic carbocycles.